The quantitative estimate of drug-likeness (QED) is 0.274. The van der Waals surface area contributed by atoms with Gasteiger partial charge in [0, 0.05) is 12.1 Å². The van der Waals surface area contributed by atoms with E-state index in [9.17, 15) is 15.2 Å². The molecule has 0 N–H and O–H groups in total. The number of rotatable bonds is 1. The van der Waals surface area contributed by atoms with E-state index in [4.69, 9.17) is 0 Å². The molecule has 0 saturated carbocycles. The third kappa shape index (κ3) is 3.30. The molecule has 0 aromatic heterocycles. The summed E-state index contributed by atoms with van der Waals surface area (Å²) in [7, 11) is 0. The first kappa shape index (κ1) is 11.1. The van der Waals surface area contributed by atoms with Crippen LogP contribution in [0.1, 0.15) is 0 Å². The van der Waals surface area contributed by atoms with Gasteiger partial charge < -0.3 is 5.11 Å². The van der Waals surface area contributed by atoms with Crippen LogP contribution in [-0.2, 0) is 0 Å². The number of nitrogens with zero attached hydrogens (tertiary/aromatic N) is 1. The third-order valence-electron chi connectivity index (χ3n) is 1.05. The smallest absolute Gasteiger partial charge is 0.872 e. The Bertz CT molecular complexity index is 247. The Morgan fingerprint density at radius 2 is 1.64 bits per heavy atom. The van der Waals surface area contributed by atoms with Crippen molar-refractivity contribution in [3.63, 3.8) is 0 Å². The second kappa shape index (κ2) is 4.84. The first-order chi connectivity index (χ1) is 4.70. The summed E-state index contributed by atoms with van der Waals surface area (Å²) in [6, 6.07) is 4.70. The second-order valence-electron chi connectivity index (χ2n) is 1.75. The zero-order valence-corrected chi connectivity index (χ0v) is 9.10. The fourth-order valence-electron chi connectivity index (χ4n) is 0.568. The molecule has 0 aliphatic carbocycles. The van der Waals surface area contributed by atoms with Crippen LogP contribution in [0, 0.1) is 10.1 Å². The van der Waals surface area contributed by atoms with Gasteiger partial charge in [-0.05, 0) is 0 Å². The fraction of sp³-hybridized carbons (Fsp3) is 0. The molecule has 0 radical (unpaired) electrons. The molecule has 0 saturated heterocycles. The minimum atomic E-state index is -0.542. The Kier molecular flexibility index (Phi) is 4.86. The van der Waals surface area contributed by atoms with Crippen molar-refractivity contribution in [3.8, 4) is 5.75 Å². The predicted octanol–water partition coefficient (Wildman–Crippen LogP) is -2.33. The minimum absolute atomic E-state index is 0. The van der Waals surface area contributed by atoms with Gasteiger partial charge in [-0.25, -0.2) is 0 Å². The van der Waals surface area contributed by atoms with Crippen LogP contribution in [0.2, 0.25) is 0 Å². The molecular formula is C6H4KNO3. The molecule has 1 aromatic carbocycles. The van der Waals surface area contributed by atoms with E-state index in [1.807, 2.05) is 0 Å². The van der Waals surface area contributed by atoms with E-state index in [-0.39, 0.29) is 62.8 Å². The molecule has 1 aromatic rings. The Balaban J connectivity index is 0.000001000. The summed E-state index contributed by atoms with van der Waals surface area (Å²) in [6.07, 6.45) is 0. The number of nitro benzene ring substituents is 1. The number of nitro groups is 1. The van der Waals surface area contributed by atoms with Gasteiger partial charge in [0.15, 0.2) is 0 Å². The third-order valence-corrected chi connectivity index (χ3v) is 1.05. The van der Waals surface area contributed by atoms with Crippen LogP contribution in [0.4, 0.5) is 5.69 Å². The average Bonchev–Trinajstić information content (AvgIpc) is 1.88. The normalized spacial score (nSPS) is 8.36. The Hall–Kier alpha value is 0.0564. The van der Waals surface area contributed by atoms with Gasteiger partial charge in [0.2, 0.25) is 0 Å². The van der Waals surface area contributed by atoms with Crippen molar-refractivity contribution in [2.75, 3.05) is 0 Å². The van der Waals surface area contributed by atoms with E-state index < -0.39 is 4.92 Å². The molecular weight excluding hydrogens is 173 g/mol. The molecule has 11 heavy (non-hydrogen) atoms. The maximum Gasteiger partial charge on any atom is 1.00 e. The second-order valence-corrected chi connectivity index (χ2v) is 1.75. The molecule has 0 aliphatic rings. The van der Waals surface area contributed by atoms with Crippen LogP contribution in [0.25, 0.3) is 0 Å². The van der Waals surface area contributed by atoms with Gasteiger partial charge in [0.25, 0.3) is 5.69 Å². The summed E-state index contributed by atoms with van der Waals surface area (Å²) >= 11 is 0. The standard InChI is InChI=1S/C6H5NO3.K/c8-6-3-1-5(2-4-6)7(9)10;/h1-4,8H;/q;+1/p-1. The molecule has 0 fully saturated rings. The maximum absolute atomic E-state index is 10.4. The summed E-state index contributed by atoms with van der Waals surface area (Å²) in [6.45, 7) is 0. The van der Waals surface area contributed by atoms with Crippen molar-refractivity contribution >= 4 is 5.69 Å². The number of hydrogen-bond acceptors (Lipinski definition) is 3. The predicted molar refractivity (Wildman–Crippen MR) is 32.5 cm³/mol. The van der Waals surface area contributed by atoms with Crippen LogP contribution in [0.5, 0.6) is 5.75 Å². The van der Waals surface area contributed by atoms with Crippen molar-refractivity contribution in [2.24, 2.45) is 0 Å². The van der Waals surface area contributed by atoms with E-state index in [0.29, 0.717) is 0 Å². The van der Waals surface area contributed by atoms with Gasteiger partial charge in [-0.1, -0.05) is 12.1 Å². The monoisotopic (exact) mass is 177 g/mol. The Morgan fingerprint density at radius 1 is 1.18 bits per heavy atom. The number of non-ortho nitro benzene ring substituents is 1. The van der Waals surface area contributed by atoms with E-state index in [1.165, 1.54) is 12.1 Å². The molecule has 5 heteroatoms. The molecule has 0 atom stereocenters. The first-order valence-corrected chi connectivity index (χ1v) is 2.61. The Labute approximate surface area is 106 Å². The van der Waals surface area contributed by atoms with Crippen molar-refractivity contribution in [2.45, 2.75) is 0 Å². The summed E-state index contributed by atoms with van der Waals surface area (Å²) in [5.41, 5.74) is -0.0559. The van der Waals surface area contributed by atoms with Crippen LogP contribution >= 0.6 is 0 Å². The average molecular weight is 177 g/mol. The van der Waals surface area contributed by atoms with Crippen LogP contribution in [-0.4, -0.2) is 4.92 Å². The molecule has 0 aliphatic heterocycles. The molecule has 0 unspecified atom stereocenters. The molecule has 1 rings (SSSR count). The zero-order chi connectivity index (χ0) is 7.56. The summed E-state index contributed by atoms with van der Waals surface area (Å²) in [5, 5.41) is 20.4. The van der Waals surface area contributed by atoms with Gasteiger partial charge in [-0.3, -0.25) is 10.1 Å². The van der Waals surface area contributed by atoms with Gasteiger partial charge in [0.1, 0.15) is 0 Å². The van der Waals surface area contributed by atoms with E-state index in [0.717, 1.165) is 12.1 Å². The van der Waals surface area contributed by atoms with E-state index >= 15 is 0 Å². The summed E-state index contributed by atoms with van der Waals surface area (Å²) in [4.78, 5) is 9.47. The van der Waals surface area contributed by atoms with E-state index in [1.54, 1.807) is 0 Å². The largest absolute Gasteiger partial charge is 1.00 e. The van der Waals surface area contributed by atoms with Crippen molar-refractivity contribution < 1.29 is 61.4 Å². The minimum Gasteiger partial charge on any atom is -0.872 e. The Morgan fingerprint density at radius 3 is 2.00 bits per heavy atom. The first-order valence-electron chi connectivity index (χ1n) is 2.61. The van der Waals surface area contributed by atoms with Gasteiger partial charge >= 0.3 is 51.4 Å². The van der Waals surface area contributed by atoms with Crippen LogP contribution in [0.3, 0.4) is 0 Å². The number of benzene rings is 1. The van der Waals surface area contributed by atoms with Crippen molar-refractivity contribution in [3.05, 3.63) is 34.4 Å². The van der Waals surface area contributed by atoms with Crippen molar-refractivity contribution in [1.29, 1.82) is 0 Å². The van der Waals surface area contributed by atoms with Crippen LogP contribution < -0.4 is 56.5 Å². The topological polar surface area (TPSA) is 66.2 Å². The van der Waals surface area contributed by atoms with Gasteiger partial charge in [-0.2, -0.15) is 0 Å². The summed E-state index contributed by atoms with van der Waals surface area (Å²) < 4.78 is 0. The molecule has 0 bridgehead atoms. The summed E-state index contributed by atoms with van der Waals surface area (Å²) in [5.74, 6) is -0.217. The zero-order valence-electron chi connectivity index (χ0n) is 5.98. The maximum atomic E-state index is 10.4. The van der Waals surface area contributed by atoms with Gasteiger partial charge in [-0.15, -0.1) is 5.75 Å². The van der Waals surface area contributed by atoms with Gasteiger partial charge in [0.05, 0.1) is 4.92 Å². The van der Waals surface area contributed by atoms with E-state index in [2.05, 4.69) is 0 Å². The molecule has 4 nitrogen and oxygen atoms in total. The SMILES string of the molecule is O=[N+]([O-])c1ccc([O-])cc1.[K+]. The molecule has 0 amide bonds. The molecule has 0 heterocycles. The fourth-order valence-corrected chi connectivity index (χ4v) is 0.568. The molecule has 0 spiro atoms. The van der Waals surface area contributed by atoms with Crippen LogP contribution in [0.15, 0.2) is 24.3 Å². The van der Waals surface area contributed by atoms with Crippen molar-refractivity contribution in [1.82, 2.24) is 0 Å². The number of hydrogen-bond donors (Lipinski definition) is 0. The molecule has 52 valence electrons.